The molecule has 3 heterocycles. The number of aromatic nitrogens is 3. The molecule has 50 heavy (non-hydrogen) atoms. The largest absolute Gasteiger partial charge is 0.493 e. The number of benzene rings is 4. The van der Waals surface area contributed by atoms with Crippen LogP contribution in [0, 0.1) is 17.5 Å². The molecule has 7 rings (SSSR count). The molecule has 0 unspecified atom stereocenters. The lowest BCUT2D eigenvalue weighted by molar-refractivity contribution is 0.0991. The van der Waals surface area contributed by atoms with Gasteiger partial charge in [0.1, 0.15) is 18.0 Å². The Kier molecular flexibility index (Phi) is 8.81. The molecule has 6 aromatic rings. The molecule has 10 nitrogen and oxygen atoms in total. The van der Waals surface area contributed by atoms with E-state index in [1.165, 1.54) is 63.1 Å². The zero-order valence-electron chi connectivity index (χ0n) is 27.0. The number of carbonyl (C=O) groups excluding carboxylic acids is 1. The second-order valence-electron chi connectivity index (χ2n) is 11.6. The van der Waals surface area contributed by atoms with Gasteiger partial charge in [-0.3, -0.25) is 9.59 Å². The average Bonchev–Trinajstić information content (AvgIpc) is 3.13. The van der Waals surface area contributed by atoms with E-state index in [1.807, 2.05) is 4.90 Å². The highest BCUT2D eigenvalue weighted by Crippen LogP contribution is 2.36. The van der Waals surface area contributed by atoms with Crippen LogP contribution in [0.5, 0.6) is 23.1 Å². The summed E-state index contributed by atoms with van der Waals surface area (Å²) in [6, 6.07) is 15.5. The van der Waals surface area contributed by atoms with E-state index in [9.17, 15) is 14.0 Å². The van der Waals surface area contributed by atoms with Gasteiger partial charge in [-0.15, -0.1) is 0 Å². The Morgan fingerprint density at radius 3 is 2.30 bits per heavy atom. The summed E-state index contributed by atoms with van der Waals surface area (Å²) >= 11 is 0. The van der Waals surface area contributed by atoms with Crippen LogP contribution < -0.4 is 29.9 Å². The van der Waals surface area contributed by atoms with Gasteiger partial charge in [-0.2, -0.15) is 0 Å². The topological polar surface area (TPSA) is 108 Å². The molecule has 13 heteroatoms. The summed E-state index contributed by atoms with van der Waals surface area (Å²) in [5, 5.41) is 3.66. The fourth-order valence-corrected chi connectivity index (χ4v) is 6.06. The SMILES string of the molecule is COc1cc2ncnc(Oc3ccc(CC(=O)c4cn(-c5ccc(F)cc5)c5cc(N6CCNCC6)c(F)cc5c4=O)cc3F)c2cc1OC. The van der Waals surface area contributed by atoms with E-state index < -0.39 is 28.7 Å². The predicted octanol–water partition coefficient (Wildman–Crippen LogP) is 6.00. The maximum atomic E-state index is 15.5. The van der Waals surface area contributed by atoms with E-state index in [-0.39, 0.29) is 34.6 Å². The Bertz CT molecular complexity index is 2330. The molecule has 1 aliphatic rings. The molecule has 0 bridgehead atoms. The number of piperazine rings is 1. The number of Topliss-reactive ketones (excluding diaryl/α,β-unsaturated/α-hetero) is 1. The lowest BCUT2D eigenvalue weighted by Crippen LogP contribution is -2.43. The Morgan fingerprint density at radius 1 is 0.840 bits per heavy atom. The molecule has 0 aliphatic carbocycles. The number of rotatable bonds is 9. The van der Waals surface area contributed by atoms with Crippen molar-refractivity contribution in [2.24, 2.45) is 0 Å². The minimum absolute atomic E-state index is 0.0159. The Balaban J connectivity index is 1.22. The van der Waals surface area contributed by atoms with Crippen LogP contribution in [0.3, 0.4) is 0 Å². The number of pyridine rings is 1. The van der Waals surface area contributed by atoms with Gasteiger partial charge in [-0.25, -0.2) is 23.1 Å². The molecule has 254 valence electrons. The number of fused-ring (bicyclic) bond motifs is 2. The van der Waals surface area contributed by atoms with Crippen LogP contribution in [0.25, 0.3) is 27.5 Å². The van der Waals surface area contributed by atoms with Gasteiger partial charge in [0.25, 0.3) is 0 Å². The monoisotopic (exact) mass is 681 g/mol. The summed E-state index contributed by atoms with van der Waals surface area (Å²) in [6.07, 6.45) is 2.31. The molecule has 0 amide bonds. The van der Waals surface area contributed by atoms with Crippen molar-refractivity contribution in [1.82, 2.24) is 19.9 Å². The number of ketones is 1. The number of nitrogens with one attached hydrogen (secondary N) is 1. The molecule has 4 aromatic carbocycles. The predicted molar refractivity (Wildman–Crippen MR) is 182 cm³/mol. The summed E-state index contributed by atoms with van der Waals surface area (Å²) in [4.78, 5) is 37.7. The van der Waals surface area contributed by atoms with E-state index in [0.717, 1.165) is 12.1 Å². The number of carbonyl (C=O) groups is 1. The van der Waals surface area contributed by atoms with Crippen molar-refractivity contribution in [3.8, 4) is 28.8 Å². The molecule has 1 saturated heterocycles. The third-order valence-electron chi connectivity index (χ3n) is 8.61. The molecule has 0 atom stereocenters. The van der Waals surface area contributed by atoms with Crippen LogP contribution >= 0.6 is 0 Å². The van der Waals surface area contributed by atoms with Crippen molar-refractivity contribution in [3.05, 3.63) is 118 Å². The minimum atomic E-state index is -0.771. The van der Waals surface area contributed by atoms with Gasteiger partial charge in [-0.1, -0.05) is 6.07 Å². The minimum Gasteiger partial charge on any atom is -0.493 e. The number of methoxy groups -OCH3 is 2. The normalized spacial score (nSPS) is 13.1. The molecule has 2 aromatic heterocycles. The molecule has 0 radical (unpaired) electrons. The number of hydrogen-bond donors (Lipinski definition) is 1. The number of hydrogen-bond acceptors (Lipinski definition) is 9. The second-order valence-corrected chi connectivity index (χ2v) is 11.6. The van der Waals surface area contributed by atoms with Crippen LogP contribution in [0.4, 0.5) is 18.9 Å². The van der Waals surface area contributed by atoms with Crippen LogP contribution in [0.1, 0.15) is 15.9 Å². The van der Waals surface area contributed by atoms with Gasteiger partial charge < -0.3 is 29.0 Å². The first-order valence-electron chi connectivity index (χ1n) is 15.7. The second kappa shape index (κ2) is 13.5. The molecular formula is C37H30F3N5O5. The smallest absolute Gasteiger partial charge is 0.230 e. The maximum absolute atomic E-state index is 15.5. The highest BCUT2D eigenvalue weighted by atomic mass is 19.1. The number of anilines is 1. The third kappa shape index (κ3) is 6.18. The Labute approximate surface area is 283 Å². The van der Waals surface area contributed by atoms with Gasteiger partial charge in [0, 0.05) is 55.9 Å². The summed E-state index contributed by atoms with van der Waals surface area (Å²) < 4.78 is 62.9. The van der Waals surface area contributed by atoms with E-state index in [0.29, 0.717) is 65.5 Å². The zero-order valence-corrected chi connectivity index (χ0v) is 27.0. The van der Waals surface area contributed by atoms with E-state index >= 15 is 8.78 Å². The van der Waals surface area contributed by atoms with E-state index in [4.69, 9.17) is 14.2 Å². The molecule has 0 saturated carbocycles. The molecule has 0 spiro atoms. The highest BCUT2D eigenvalue weighted by Gasteiger charge is 2.22. The zero-order chi connectivity index (χ0) is 34.9. The first-order valence-corrected chi connectivity index (χ1v) is 15.7. The van der Waals surface area contributed by atoms with Crippen molar-refractivity contribution in [2.75, 3.05) is 45.3 Å². The van der Waals surface area contributed by atoms with Crippen molar-refractivity contribution < 1.29 is 32.2 Å². The average molecular weight is 682 g/mol. The quantitative estimate of drug-likeness (QED) is 0.184. The molecule has 1 fully saturated rings. The third-order valence-corrected chi connectivity index (χ3v) is 8.61. The van der Waals surface area contributed by atoms with Gasteiger partial charge >= 0.3 is 0 Å². The summed E-state index contributed by atoms with van der Waals surface area (Å²) in [6.45, 7) is 2.48. The lowest BCUT2D eigenvalue weighted by Gasteiger charge is -2.30. The van der Waals surface area contributed by atoms with Gasteiger partial charge in [0.15, 0.2) is 34.3 Å². The van der Waals surface area contributed by atoms with Crippen LogP contribution in [0.15, 0.2) is 84.0 Å². The summed E-state index contributed by atoms with van der Waals surface area (Å²) in [5.74, 6) is -1.68. The van der Waals surface area contributed by atoms with Gasteiger partial charge in [0.2, 0.25) is 5.88 Å². The van der Waals surface area contributed by atoms with Crippen molar-refractivity contribution in [3.63, 3.8) is 0 Å². The van der Waals surface area contributed by atoms with Gasteiger partial charge in [-0.05, 0) is 60.2 Å². The molecule has 1 aliphatic heterocycles. The number of nitrogens with zero attached hydrogens (tertiary/aromatic N) is 4. The summed E-state index contributed by atoms with van der Waals surface area (Å²) in [5.41, 5.74) is 0.993. The first-order chi connectivity index (χ1) is 24.2. The lowest BCUT2D eigenvalue weighted by atomic mass is 10.0. The fraction of sp³-hybridized carbons (Fsp3) is 0.189. The highest BCUT2D eigenvalue weighted by molar-refractivity contribution is 6.00. The van der Waals surface area contributed by atoms with E-state index in [2.05, 4.69) is 15.3 Å². The van der Waals surface area contributed by atoms with Crippen molar-refractivity contribution >= 4 is 33.3 Å². The fourth-order valence-electron chi connectivity index (χ4n) is 6.06. The van der Waals surface area contributed by atoms with Gasteiger partial charge in [0.05, 0.1) is 41.9 Å². The summed E-state index contributed by atoms with van der Waals surface area (Å²) in [7, 11) is 2.97. The van der Waals surface area contributed by atoms with Crippen LogP contribution in [-0.4, -0.2) is 60.7 Å². The standard InChI is InChI=1S/C37H30F3N5O5/c1-48-34-16-24-29(17-35(34)49-2)42-20-43-37(24)50-33-8-3-21(13-28(33)40)14-32(46)26-19-45(23-6-4-22(38)5-7-23)30-18-31(44-11-9-41-10-12-44)27(39)15-25(30)36(26)47/h3-8,13,15-20,41H,9-12,14H2,1-2H3. The maximum Gasteiger partial charge on any atom is 0.230 e. The van der Waals surface area contributed by atoms with Crippen molar-refractivity contribution in [1.29, 1.82) is 0 Å². The van der Waals surface area contributed by atoms with Crippen LogP contribution in [-0.2, 0) is 6.42 Å². The molecular weight excluding hydrogens is 651 g/mol. The Morgan fingerprint density at radius 2 is 1.58 bits per heavy atom. The van der Waals surface area contributed by atoms with Crippen molar-refractivity contribution in [2.45, 2.75) is 6.42 Å². The first kappa shape index (κ1) is 32.6. The Hall–Kier alpha value is -5.95. The van der Waals surface area contributed by atoms with Crippen LogP contribution in [0.2, 0.25) is 0 Å². The van der Waals surface area contributed by atoms with E-state index in [1.54, 1.807) is 22.8 Å². The number of halogens is 3. The molecule has 1 N–H and O–H groups in total. The number of ether oxygens (including phenoxy) is 3.